The Balaban J connectivity index is 2.41. The smallest absolute Gasteiger partial charge is 0.0181 e. The number of benzene rings is 4. The van der Waals surface area contributed by atoms with Crippen LogP contribution in [-0.2, 0) is 0 Å². The molecule has 0 N–H and O–H groups in total. The lowest BCUT2D eigenvalue weighted by molar-refractivity contribution is 1.51. The first-order chi connectivity index (χ1) is 9.74. The van der Waals surface area contributed by atoms with Crippen molar-refractivity contribution < 1.29 is 0 Å². The minimum absolute atomic E-state index is 1.13. The fourth-order valence-corrected chi connectivity index (χ4v) is 3.40. The Kier molecular flexibility index (Phi) is 2.58. The van der Waals surface area contributed by atoms with E-state index in [1.54, 1.807) is 0 Å². The van der Waals surface area contributed by atoms with Crippen molar-refractivity contribution in [2.45, 2.75) is 6.92 Å². The monoisotopic (exact) mass is 320 g/mol. The lowest BCUT2D eigenvalue weighted by Crippen LogP contribution is -1.84. The molecule has 0 bridgehead atoms. The first kappa shape index (κ1) is 11.9. The number of rotatable bonds is 0. The summed E-state index contributed by atoms with van der Waals surface area (Å²) in [5.41, 5.74) is 1.30. The molecule has 0 saturated heterocycles. The predicted molar refractivity (Wildman–Crippen MR) is 91.4 cm³/mol. The Bertz CT molecular complexity index is 887. The van der Waals surface area contributed by atoms with Gasteiger partial charge in [0.2, 0.25) is 0 Å². The van der Waals surface area contributed by atoms with E-state index in [4.69, 9.17) is 0 Å². The quantitative estimate of drug-likeness (QED) is 0.337. The summed E-state index contributed by atoms with van der Waals surface area (Å²) >= 11 is 3.60. The number of aryl methyl sites for hydroxylation is 1. The summed E-state index contributed by atoms with van der Waals surface area (Å²) in [4.78, 5) is 0. The molecule has 0 saturated carbocycles. The Morgan fingerprint density at radius 1 is 0.600 bits per heavy atom. The van der Waals surface area contributed by atoms with E-state index in [-0.39, 0.29) is 0 Å². The van der Waals surface area contributed by atoms with Gasteiger partial charge in [0.1, 0.15) is 0 Å². The van der Waals surface area contributed by atoms with Crippen LogP contribution in [-0.4, -0.2) is 0 Å². The van der Waals surface area contributed by atoms with Crippen molar-refractivity contribution in [3.8, 4) is 0 Å². The number of hydrogen-bond acceptors (Lipinski definition) is 0. The molecule has 96 valence electrons. The molecule has 0 fully saturated rings. The molecule has 0 radical (unpaired) electrons. The molecule has 4 rings (SSSR count). The van der Waals surface area contributed by atoms with Crippen molar-refractivity contribution in [3.63, 3.8) is 0 Å². The topological polar surface area (TPSA) is 0 Å². The molecule has 0 nitrogen and oxygen atoms in total. The van der Waals surface area contributed by atoms with Gasteiger partial charge in [-0.05, 0) is 51.4 Å². The first-order valence-corrected chi connectivity index (χ1v) is 7.54. The van der Waals surface area contributed by atoms with E-state index >= 15 is 0 Å². The maximum Gasteiger partial charge on any atom is 0.0181 e. The van der Waals surface area contributed by atoms with Gasteiger partial charge < -0.3 is 0 Å². The minimum atomic E-state index is 1.13. The summed E-state index contributed by atoms with van der Waals surface area (Å²) in [5, 5.41) is 7.96. The van der Waals surface area contributed by atoms with Gasteiger partial charge in [-0.2, -0.15) is 0 Å². The molecule has 0 aliphatic carbocycles. The molecule has 4 aromatic carbocycles. The van der Waals surface area contributed by atoms with Crippen LogP contribution in [0.5, 0.6) is 0 Å². The first-order valence-electron chi connectivity index (χ1n) is 6.74. The van der Waals surface area contributed by atoms with E-state index in [1.807, 2.05) is 0 Å². The zero-order valence-electron chi connectivity index (χ0n) is 11.2. The average Bonchev–Trinajstić information content (AvgIpc) is 2.47. The molecule has 0 aliphatic heterocycles. The van der Waals surface area contributed by atoms with Gasteiger partial charge >= 0.3 is 0 Å². The minimum Gasteiger partial charge on any atom is -0.0616 e. The molecule has 0 unspecified atom stereocenters. The van der Waals surface area contributed by atoms with E-state index in [1.165, 1.54) is 37.9 Å². The highest BCUT2D eigenvalue weighted by molar-refractivity contribution is 9.10. The van der Waals surface area contributed by atoms with Gasteiger partial charge in [-0.25, -0.2) is 0 Å². The highest BCUT2D eigenvalue weighted by atomic mass is 79.9. The second-order valence-corrected chi connectivity index (χ2v) is 6.20. The Labute approximate surface area is 126 Å². The normalized spacial score (nSPS) is 11.5. The fraction of sp³-hybridized carbons (Fsp3) is 0.0526. The second-order valence-electron chi connectivity index (χ2n) is 5.28. The third-order valence-corrected chi connectivity index (χ3v) is 4.45. The van der Waals surface area contributed by atoms with Gasteiger partial charge in [-0.3, -0.25) is 0 Å². The van der Waals surface area contributed by atoms with Crippen LogP contribution in [0.25, 0.3) is 32.3 Å². The fourth-order valence-electron chi connectivity index (χ4n) is 3.04. The van der Waals surface area contributed by atoms with Gasteiger partial charge in [0.25, 0.3) is 0 Å². The van der Waals surface area contributed by atoms with E-state index < -0.39 is 0 Å². The van der Waals surface area contributed by atoms with Gasteiger partial charge in [0, 0.05) is 4.47 Å². The van der Waals surface area contributed by atoms with Crippen LogP contribution >= 0.6 is 15.9 Å². The summed E-state index contributed by atoms with van der Waals surface area (Å²) < 4.78 is 1.13. The van der Waals surface area contributed by atoms with Crippen LogP contribution in [0, 0.1) is 6.92 Å². The van der Waals surface area contributed by atoms with Gasteiger partial charge in [-0.15, -0.1) is 0 Å². The standard InChI is InChI=1S/C19H13Br/c1-12-6-8-16-14-4-2-3-5-15(14)17-9-7-13(20)11-19(17)18(16)10-12/h2-11H,1H3. The molecular formula is C19H13Br. The molecule has 0 amide bonds. The van der Waals surface area contributed by atoms with E-state index in [9.17, 15) is 0 Å². The summed E-state index contributed by atoms with van der Waals surface area (Å²) in [6, 6.07) is 21.9. The largest absolute Gasteiger partial charge is 0.0616 e. The third kappa shape index (κ3) is 1.66. The average molecular weight is 321 g/mol. The number of halogens is 1. The van der Waals surface area contributed by atoms with Gasteiger partial charge in [-0.1, -0.05) is 70.0 Å². The SMILES string of the molecule is Cc1ccc2c3ccccc3c3ccc(Br)cc3c2c1. The molecule has 0 heterocycles. The van der Waals surface area contributed by atoms with Crippen molar-refractivity contribution in [3.05, 3.63) is 70.7 Å². The highest BCUT2D eigenvalue weighted by Crippen LogP contribution is 2.36. The molecular weight excluding hydrogens is 308 g/mol. The Hall–Kier alpha value is -1.86. The Morgan fingerprint density at radius 3 is 1.85 bits per heavy atom. The van der Waals surface area contributed by atoms with Crippen LogP contribution in [0.15, 0.2) is 65.1 Å². The highest BCUT2D eigenvalue weighted by Gasteiger charge is 2.08. The number of fused-ring (bicyclic) bond motifs is 6. The molecule has 4 aromatic rings. The Morgan fingerprint density at radius 2 is 1.15 bits per heavy atom. The number of hydrogen-bond donors (Lipinski definition) is 0. The zero-order valence-corrected chi connectivity index (χ0v) is 12.7. The molecule has 1 heteroatoms. The van der Waals surface area contributed by atoms with Crippen molar-refractivity contribution in [1.29, 1.82) is 0 Å². The maximum absolute atomic E-state index is 3.60. The molecule has 0 aromatic heterocycles. The van der Waals surface area contributed by atoms with Crippen molar-refractivity contribution in [1.82, 2.24) is 0 Å². The van der Waals surface area contributed by atoms with Crippen LogP contribution in [0.3, 0.4) is 0 Å². The summed E-state index contributed by atoms with van der Waals surface area (Å²) in [5.74, 6) is 0. The maximum atomic E-state index is 3.60. The summed E-state index contributed by atoms with van der Waals surface area (Å²) in [7, 11) is 0. The van der Waals surface area contributed by atoms with Crippen molar-refractivity contribution >= 4 is 48.2 Å². The van der Waals surface area contributed by atoms with E-state index in [0.717, 1.165) is 4.47 Å². The van der Waals surface area contributed by atoms with Crippen molar-refractivity contribution in [2.24, 2.45) is 0 Å². The van der Waals surface area contributed by atoms with Crippen LogP contribution in [0.1, 0.15) is 5.56 Å². The van der Waals surface area contributed by atoms with Gasteiger partial charge in [0.05, 0.1) is 0 Å². The molecule has 0 aliphatic rings. The van der Waals surface area contributed by atoms with Crippen molar-refractivity contribution in [2.75, 3.05) is 0 Å². The molecule has 0 spiro atoms. The third-order valence-electron chi connectivity index (χ3n) is 3.95. The predicted octanol–water partition coefficient (Wildman–Crippen LogP) is 6.22. The lowest BCUT2D eigenvalue weighted by atomic mass is 9.93. The summed E-state index contributed by atoms with van der Waals surface area (Å²) in [6.45, 7) is 2.15. The summed E-state index contributed by atoms with van der Waals surface area (Å²) in [6.07, 6.45) is 0. The lowest BCUT2D eigenvalue weighted by Gasteiger charge is -2.11. The second kappa shape index (κ2) is 4.32. The zero-order chi connectivity index (χ0) is 13.7. The molecule has 20 heavy (non-hydrogen) atoms. The van der Waals surface area contributed by atoms with E-state index in [0.29, 0.717) is 0 Å². The van der Waals surface area contributed by atoms with Crippen LogP contribution < -0.4 is 0 Å². The molecule has 0 atom stereocenters. The van der Waals surface area contributed by atoms with E-state index in [2.05, 4.69) is 83.5 Å². The van der Waals surface area contributed by atoms with Crippen LogP contribution in [0.4, 0.5) is 0 Å². The van der Waals surface area contributed by atoms with Crippen LogP contribution in [0.2, 0.25) is 0 Å². The van der Waals surface area contributed by atoms with Gasteiger partial charge in [0.15, 0.2) is 0 Å².